The van der Waals surface area contributed by atoms with Gasteiger partial charge in [-0.2, -0.15) is 0 Å². The normalized spacial score (nSPS) is 30.1. The Hall–Kier alpha value is -0.610. The van der Waals surface area contributed by atoms with Gasteiger partial charge >= 0.3 is 0 Å². The molecule has 1 saturated carbocycles. The molecule has 0 heterocycles. The molecule has 0 aliphatic heterocycles. The summed E-state index contributed by atoms with van der Waals surface area (Å²) in [6, 6.07) is 0.179. The summed E-state index contributed by atoms with van der Waals surface area (Å²) in [4.78, 5) is 13.9. The van der Waals surface area contributed by atoms with Crippen LogP contribution in [-0.2, 0) is 9.53 Å². The Bertz CT molecular complexity index is 233. The minimum absolute atomic E-state index is 0.102. The van der Waals surface area contributed by atoms with Crippen LogP contribution in [0.25, 0.3) is 0 Å². The van der Waals surface area contributed by atoms with E-state index in [1.54, 1.807) is 12.0 Å². The number of nitrogens with zero attached hydrogens (tertiary/aromatic N) is 1. The fourth-order valence-electron chi connectivity index (χ4n) is 2.37. The average molecular weight is 228 g/mol. The Kier molecular flexibility index (Phi) is 5.22. The van der Waals surface area contributed by atoms with Crippen molar-refractivity contribution in [3.63, 3.8) is 0 Å². The molecule has 1 rings (SSSR count). The van der Waals surface area contributed by atoms with Crippen molar-refractivity contribution in [1.82, 2.24) is 4.90 Å². The molecule has 0 aromatic carbocycles. The Morgan fingerprint density at radius 3 is 2.81 bits per heavy atom. The van der Waals surface area contributed by atoms with Crippen LogP contribution in [0.2, 0.25) is 0 Å². The van der Waals surface area contributed by atoms with Crippen LogP contribution in [0.4, 0.5) is 0 Å². The van der Waals surface area contributed by atoms with Crippen molar-refractivity contribution < 1.29 is 9.53 Å². The maximum Gasteiger partial charge on any atom is 0.225 e. The van der Waals surface area contributed by atoms with E-state index >= 15 is 0 Å². The van der Waals surface area contributed by atoms with Gasteiger partial charge in [0.15, 0.2) is 0 Å². The first-order valence-electron chi connectivity index (χ1n) is 6.07. The van der Waals surface area contributed by atoms with Gasteiger partial charge in [0.1, 0.15) is 0 Å². The van der Waals surface area contributed by atoms with Crippen LogP contribution in [0.15, 0.2) is 0 Å². The minimum Gasteiger partial charge on any atom is -0.383 e. The van der Waals surface area contributed by atoms with Gasteiger partial charge in [-0.1, -0.05) is 13.3 Å². The van der Waals surface area contributed by atoms with Crippen molar-refractivity contribution in [2.75, 3.05) is 27.3 Å². The fraction of sp³-hybridized carbons (Fsp3) is 0.917. The lowest BCUT2D eigenvalue weighted by molar-refractivity contribution is -0.137. The van der Waals surface area contributed by atoms with E-state index < -0.39 is 0 Å². The molecule has 0 bridgehead atoms. The zero-order valence-corrected chi connectivity index (χ0v) is 10.6. The highest BCUT2D eigenvalue weighted by Crippen LogP contribution is 2.30. The highest BCUT2D eigenvalue weighted by atomic mass is 16.5. The first-order chi connectivity index (χ1) is 7.57. The molecule has 1 aliphatic carbocycles. The first-order valence-corrected chi connectivity index (χ1v) is 6.07. The Morgan fingerprint density at radius 2 is 2.19 bits per heavy atom. The summed E-state index contributed by atoms with van der Waals surface area (Å²) < 4.78 is 4.98. The van der Waals surface area contributed by atoms with Crippen molar-refractivity contribution in [1.29, 1.82) is 0 Å². The number of nitrogens with two attached hydrogens (primary N) is 1. The predicted molar refractivity (Wildman–Crippen MR) is 64.0 cm³/mol. The summed E-state index contributed by atoms with van der Waals surface area (Å²) in [5.74, 6) is 0.622. The molecule has 3 atom stereocenters. The number of methoxy groups -OCH3 is 1. The maximum atomic E-state index is 12.2. The van der Waals surface area contributed by atoms with Gasteiger partial charge in [0, 0.05) is 32.7 Å². The van der Waals surface area contributed by atoms with E-state index in [1.807, 2.05) is 7.05 Å². The smallest absolute Gasteiger partial charge is 0.225 e. The number of ether oxygens (including phenoxy) is 1. The third kappa shape index (κ3) is 3.19. The molecule has 0 radical (unpaired) electrons. The second kappa shape index (κ2) is 6.21. The van der Waals surface area contributed by atoms with E-state index in [0.717, 1.165) is 19.3 Å². The van der Waals surface area contributed by atoms with Crippen molar-refractivity contribution in [2.24, 2.45) is 17.6 Å². The Labute approximate surface area is 98.1 Å². The Balaban J connectivity index is 2.51. The zero-order chi connectivity index (χ0) is 12.1. The van der Waals surface area contributed by atoms with Crippen LogP contribution < -0.4 is 5.73 Å². The summed E-state index contributed by atoms with van der Waals surface area (Å²) in [6.45, 7) is 3.35. The lowest BCUT2D eigenvalue weighted by Crippen LogP contribution is -2.45. The van der Waals surface area contributed by atoms with E-state index in [2.05, 4.69) is 6.92 Å². The summed E-state index contributed by atoms with van der Waals surface area (Å²) in [5, 5.41) is 0. The quantitative estimate of drug-likeness (QED) is 0.776. The third-order valence-electron chi connectivity index (χ3n) is 3.69. The summed E-state index contributed by atoms with van der Waals surface area (Å²) in [7, 11) is 3.49. The number of carbonyl (C=O) groups excluding carboxylic acids is 1. The molecule has 4 heteroatoms. The van der Waals surface area contributed by atoms with Crippen LogP contribution in [0.5, 0.6) is 0 Å². The van der Waals surface area contributed by atoms with Gasteiger partial charge in [0.05, 0.1) is 6.61 Å². The molecule has 16 heavy (non-hydrogen) atoms. The van der Waals surface area contributed by atoms with E-state index in [4.69, 9.17) is 10.5 Å². The molecule has 0 aromatic rings. The van der Waals surface area contributed by atoms with E-state index in [0.29, 0.717) is 19.1 Å². The fourth-order valence-corrected chi connectivity index (χ4v) is 2.37. The predicted octanol–water partition coefficient (Wildman–Crippen LogP) is 0.855. The Morgan fingerprint density at radius 1 is 1.50 bits per heavy atom. The van der Waals surface area contributed by atoms with Gasteiger partial charge < -0.3 is 15.4 Å². The van der Waals surface area contributed by atoms with Crippen LogP contribution >= 0.6 is 0 Å². The van der Waals surface area contributed by atoms with Gasteiger partial charge in [-0.25, -0.2) is 0 Å². The van der Waals surface area contributed by atoms with Gasteiger partial charge in [0.2, 0.25) is 5.91 Å². The number of rotatable bonds is 4. The molecule has 1 fully saturated rings. The number of hydrogen-bond donors (Lipinski definition) is 1. The molecular weight excluding hydrogens is 204 g/mol. The molecule has 4 nitrogen and oxygen atoms in total. The molecule has 0 saturated heterocycles. The molecule has 2 N–H and O–H groups in total. The highest BCUT2D eigenvalue weighted by molar-refractivity contribution is 5.79. The molecule has 0 aromatic heterocycles. The lowest BCUT2D eigenvalue weighted by Gasteiger charge is -2.35. The van der Waals surface area contributed by atoms with Gasteiger partial charge in [-0.3, -0.25) is 4.79 Å². The van der Waals surface area contributed by atoms with Gasteiger partial charge in [-0.05, 0) is 18.8 Å². The second-order valence-corrected chi connectivity index (χ2v) is 4.81. The topological polar surface area (TPSA) is 55.6 Å². The van der Waals surface area contributed by atoms with Crippen molar-refractivity contribution in [3.05, 3.63) is 0 Å². The van der Waals surface area contributed by atoms with Crippen LogP contribution in [-0.4, -0.2) is 44.2 Å². The molecule has 94 valence electrons. The van der Waals surface area contributed by atoms with E-state index in [9.17, 15) is 4.79 Å². The summed E-state index contributed by atoms with van der Waals surface area (Å²) >= 11 is 0. The zero-order valence-electron chi connectivity index (χ0n) is 10.6. The molecule has 3 unspecified atom stereocenters. The number of amides is 1. The first kappa shape index (κ1) is 13.5. The average Bonchev–Trinajstić information content (AvgIpc) is 2.28. The van der Waals surface area contributed by atoms with E-state index in [-0.39, 0.29) is 17.9 Å². The second-order valence-electron chi connectivity index (χ2n) is 4.81. The summed E-state index contributed by atoms with van der Waals surface area (Å²) in [6.07, 6.45) is 3.10. The van der Waals surface area contributed by atoms with Crippen molar-refractivity contribution in [2.45, 2.75) is 32.2 Å². The SMILES string of the molecule is COCCN(C)C(=O)C1CCCC(N)C1C. The van der Waals surface area contributed by atoms with E-state index in [1.165, 1.54) is 0 Å². The highest BCUT2D eigenvalue weighted by Gasteiger charge is 2.33. The molecule has 0 spiro atoms. The van der Waals surface area contributed by atoms with Crippen LogP contribution in [0, 0.1) is 11.8 Å². The number of carbonyl (C=O) groups is 1. The lowest BCUT2D eigenvalue weighted by atomic mass is 9.76. The largest absolute Gasteiger partial charge is 0.383 e. The van der Waals surface area contributed by atoms with Crippen LogP contribution in [0.1, 0.15) is 26.2 Å². The van der Waals surface area contributed by atoms with Gasteiger partial charge in [0.25, 0.3) is 0 Å². The number of likely N-dealkylation sites (N-methyl/N-ethyl adjacent to an activating group) is 1. The summed E-state index contributed by atoms with van der Waals surface area (Å²) in [5.41, 5.74) is 6.01. The van der Waals surface area contributed by atoms with Crippen molar-refractivity contribution in [3.8, 4) is 0 Å². The maximum absolute atomic E-state index is 12.2. The molecule has 1 amide bonds. The third-order valence-corrected chi connectivity index (χ3v) is 3.69. The minimum atomic E-state index is 0.102. The number of hydrogen-bond acceptors (Lipinski definition) is 3. The standard InChI is InChI=1S/C12H24N2O2/c1-9-10(5-4-6-11(9)13)12(15)14(2)7-8-16-3/h9-11H,4-8,13H2,1-3H3. The van der Waals surface area contributed by atoms with Crippen LogP contribution in [0.3, 0.4) is 0 Å². The molecule has 1 aliphatic rings. The van der Waals surface area contributed by atoms with Gasteiger partial charge in [-0.15, -0.1) is 0 Å². The molecular formula is C12H24N2O2. The van der Waals surface area contributed by atoms with Crippen molar-refractivity contribution >= 4 is 5.91 Å². The monoisotopic (exact) mass is 228 g/mol.